The van der Waals surface area contributed by atoms with Crippen molar-refractivity contribution in [3.05, 3.63) is 71.8 Å². The number of ether oxygens (including phenoxy) is 6. The molecule has 22 nitrogen and oxygen atoms in total. The zero-order valence-corrected chi connectivity index (χ0v) is 53.7. The Morgan fingerprint density at radius 1 is 0.437 bits per heavy atom. The van der Waals surface area contributed by atoms with E-state index in [9.17, 15) is 38.4 Å². The molecule has 0 spiro atoms. The number of alkyl halides is 1. The van der Waals surface area contributed by atoms with E-state index in [0.717, 1.165) is 106 Å². The number of benzene rings is 2. The fraction of sp³-hybridized carbons (Fsp3) is 0.688. The Balaban J connectivity index is 0.000000375. The number of carbonyl (C=O) groups excluding carboxylic acids is 6. The van der Waals surface area contributed by atoms with Crippen molar-refractivity contribution in [2.24, 2.45) is 0 Å². The maximum Gasteiger partial charge on any atom is 0.323 e. The lowest BCUT2D eigenvalue weighted by Gasteiger charge is -2.18. The highest BCUT2D eigenvalue weighted by atomic mass is 79.9. The van der Waals surface area contributed by atoms with Crippen molar-refractivity contribution >= 4 is 63.7 Å². The minimum absolute atomic E-state index is 0.0225. The first kappa shape index (κ1) is 77.5. The average molecular weight is 1290 g/mol. The van der Waals surface area contributed by atoms with E-state index in [1.807, 2.05) is 67.7 Å². The Kier molecular flexibility index (Phi) is 43.1. The Morgan fingerprint density at radius 3 is 1.00 bits per heavy atom. The van der Waals surface area contributed by atoms with Gasteiger partial charge in [0.15, 0.2) is 0 Å². The topological polar surface area (TPSA) is 313 Å². The van der Waals surface area contributed by atoms with Crippen LogP contribution < -0.4 is 26.6 Å². The second kappa shape index (κ2) is 48.4. The van der Waals surface area contributed by atoms with E-state index in [2.05, 4.69) is 42.5 Å². The molecule has 4 saturated carbocycles. The van der Waals surface area contributed by atoms with Crippen molar-refractivity contribution in [1.82, 2.24) is 26.6 Å². The highest BCUT2D eigenvalue weighted by Gasteiger charge is 2.28. The van der Waals surface area contributed by atoms with Crippen molar-refractivity contribution in [2.75, 3.05) is 47.2 Å². The van der Waals surface area contributed by atoms with E-state index in [1.54, 1.807) is 28.2 Å². The number of carbonyl (C=O) groups is 8. The molecular formula is C64H102BrN5O17. The molecule has 0 amide bonds. The summed E-state index contributed by atoms with van der Waals surface area (Å²) in [4.78, 5) is 91.5. The van der Waals surface area contributed by atoms with E-state index in [-0.39, 0.29) is 124 Å². The molecule has 2 aromatic rings. The van der Waals surface area contributed by atoms with Gasteiger partial charge in [0, 0.05) is 31.2 Å². The minimum Gasteiger partial charge on any atom is -0.481 e. The predicted octanol–water partition coefficient (Wildman–Crippen LogP) is 7.76. The van der Waals surface area contributed by atoms with Gasteiger partial charge in [0.2, 0.25) is 0 Å². The summed E-state index contributed by atoms with van der Waals surface area (Å²) in [7, 11) is 8.46. The number of rotatable bonds is 33. The fourth-order valence-corrected chi connectivity index (χ4v) is 10.2. The summed E-state index contributed by atoms with van der Waals surface area (Å²) in [5, 5.41) is 41.2. The van der Waals surface area contributed by atoms with Crippen molar-refractivity contribution < 1.29 is 82.1 Å². The normalized spacial score (nSPS) is 16.6. The third-order valence-corrected chi connectivity index (χ3v) is 15.8. The van der Waals surface area contributed by atoms with Crippen LogP contribution in [0.1, 0.15) is 178 Å². The predicted molar refractivity (Wildman–Crippen MR) is 332 cm³/mol. The average Bonchev–Trinajstić information content (AvgIpc) is 4.48. The van der Waals surface area contributed by atoms with Crippen LogP contribution in [0, 0.1) is 0 Å². The molecular weight excluding hydrogens is 1190 g/mol. The molecule has 8 N–H and O–H groups in total. The zero-order valence-electron chi connectivity index (χ0n) is 52.1. The number of esters is 6. The van der Waals surface area contributed by atoms with Crippen LogP contribution in [-0.2, 0) is 80.0 Å². The van der Waals surface area contributed by atoms with Crippen LogP contribution in [0.4, 0.5) is 0 Å². The molecule has 0 heterocycles. The second-order valence-corrected chi connectivity index (χ2v) is 22.7. The van der Waals surface area contributed by atoms with Crippen LogP contribution in [0.2, 0.25) is 0 Å². The summed E-state index contributed by atoms with van der Waals surface area (Å²) in [6, 6.07) is 16.8. The smallest absolute Gasteiger partial charge is 0.323 e. The number of carboxylic acids is 2. The van der Waals surface area contributed by atoms with Crippen LogP contribution in [-0.4, -0.2) is 165 Å². The molecule has 23 heteroatoms. The number of carboxylic acid groups (broad SMARTS) is 2. The quantitative estimate of drug-likeness (QED) is 0.0192. The van der Waals surface area contributed by atoms with Crippen molar-refractivity contribution in [1.29, 1.82) is 0 Å². The highest BCUT2D eigenvalue weighted by molar-refractivity contribution is 9.09. The van der Waals surface area contributed by atoms with Gasteiger partial charge in [0.25, 0.3) is 0 Å². The maximum atomic E-state index is 12.1. The van der Waals surface area contributed by atoms with Gasteiger partial charge >= 0.3 is 47.8 Å². The molecule has 4 fully saturated rings. The number of hydrogen-bond donors (Lipinski definition) is 8. The van der Waals surface area contributed by atoms with E-state index >= 15 is 0 Å². The van der Waals surface area contributed by atoms with E-state index in [1.165, 1.54) is 25.7 Å². The molecule has 0 aromatic heterocycles. The molecule has 0 bridgehead atoms. The lowest BCUT2D eigenvalue weighted by molar-refractivity contribution is -0.153. The van der Waals surface area contributed by atoms with Gasteiger partial charge in [0.05, 0.1) is 0 Å². The summed E-state index contributed by atoms with van der Waals surface area (Å²) in [5.41, 5.74) is 1.86. The van der Waals surface area contributed by atoms with Gasteiger partial charge in [0.1, 0.15) is 67.8 Å². The monoisotopic (exact) mass is 1290 g/mol. The van der Waals surface area contributed by atoms with Gasteiger partial charge in [-0.2, -0.15) is 0 Å². The number of aliphatic hydroxyl groups is 1. The number of nitrogens with one attached hydrogen (secondary N) is 5. The second-order valence-electron chi connectivity index (χ2n) is 21.9. The first-order valence-corrected chi connectivity index (χ1v) is 32.3. The molecule has 492 valence electrons. The van der Waals surface area contributed by atoms with Gasteiger partial charge in [-0.05, 0) is 194 Å². The van der Waals surface area contributed by atoms with Gasteiger partial charge in [-0.1, -0.05) is 76.6 Å². The van der Waals surface area contributed by atoms with E-state index in [4.69, 9.17) is 43.7 Å². The molecule has 6 rings (SSSR count). The first-order chi connectivity index (χ1) is 42.0. The van der Waals surface area contributed by atoms with Crippen LogP contribution in [0.3, 0.4) is 0 Å². The third-order valence-electron chi connectivity index (χ3n) is 15.2. The molecule has 0 unspecified atom stereocenters. The lowest BCUT2D eigenvalue weighted by atomic mass is 10.1. The number of hydrogen-bond acceptors (Lipinski definition) is 20. The standard InChI is InChI=1S/C18H25NO4.C13H17NO4.C11H20BrNO2.C11H19NO4.C11H21NO3/c1-19-16(18(21)23-15-9-5-6-10-15)11-12-17(20)22-13-14-7-3-2-4-8-14;1-14-11(13(16)17)7-8-12(15)18-9-10-5-3-2-4-6-10;1-13-10(7-4-8-12)11(14)15-9-5-2-3-6-9;1-12-9(6-7-10(13)14)11(15)16-8-4-2-3-5-8;1-12-10(7-4-8-13)11(14)15-9-5-2-3-6-9/h2-4,7-8,15-16,19H,5-6,9-13H2,1H3;2-6,11,14H,7-9H2,1H3,(H,16,17);9-10,13H,2-8H2,1H3;8-9,12H,2-7H2,1H3,(H,13,14);9-10,12-13H,2-8H2,1H3/t16-;11-;10-;9-;10-/m00000/s1. The highest BCUT2D eigenvalue weighted by Crippen LogP contribution is 2.25. The molecule has 0 radical (unpaired) electrons. The summed E-state index contributed by atoms with van der Waals surface area (Å²) in [5.74, 6) is -3.39. The Hall–Kier alpha value is -5.56. The van der Waals surface area contributed by atoms with Crippen molar-refractivity contribution in [3.63, 3.8) is 0 Å². The minimum atomic E-state index is -0.964. The van der Waals surface area contributed by atoms with E-state index < -0.39 is 30.1 Å². The summed E-state index contributed by atoms with van der Waals surface area (Å²) in [6.07, 6.45) is 21.7. The molecule has 0 aliphatic heterocycles. The van der Waals surface area contributed by atoms with Gasteiger partial charge in [-0.3, -0.25) is 38.4 Å². The molecule has 2 aromatic carbocycles. The Bertz CT molecular complexity index is 2170. The SMILES string of the molecule is CN[C@@H](CCC(=O)O)C(=O)OC1CCCC1.CN[C@@H](CCC(=O)OCc1ccccc1)C(=O)O.CN[C@@H](CCC(=O)OCc1ccccc1)C(=O)OC1CCCC1.CN[C@@H](CCCBr)C(=O)OC1CCCC1.CN[C@@H](CCCO)C(=O)OC1CCCC1. The molecule has 4 aliphatic rings. The number of likely N-dealkylation sites (N-methyl/N-ethyl adjacent to an activating group) is 5. The van der Waals surface area contributed by atoms with Crippen LogP contribution in [0.5, 0.6) is 0 Å². The Labute approximate surface area is 523 Å². The lowest BCUT2D eigenvalue weighted by Crippen LogP contribution is -2.37. The van der Waals surface area contributed by atoms with Crippen molar-refractivity contribution in [2.45, 2.75) is 235 Å². The molecule has 4 aliphatic carbocycles. The van der Waals surface area contributed by atoms with Crippen LogP contribution in [0.25, 0.3) is 0 Å². The van der Waals surface area contributed by atoms with Crippen molar-refractivity contribution in [3.8, 4) is 0 Å². The zero-order chi connectivity index (χ0) is 64.0. The molecule has 5 atom stereocenters. The van der Waals surface area contributed by atoms with Crippen LogP contribution >= 0.6 is 15.9 Å². The maximum absolute atomic E-state index is 12.1. The largest absolute Gasteiger partial charge is 0.481 e. The Morgan fingerprint density at radius 2 is 0.724 bits per heavy atom. The van der Waals surface area contributed by atoms with E-state index in [0.29, 0.717) is 19.3 Å². The molecule has 87 heavy (non-hydrogen) atoms. The van der Waals surface area contributed by atoms with Gasteiger partial charge in [-0.25, -0.2) is 0 Å². The summed E-state index contributed by atoms with van der Waals surface area (Å²) >= 11 is 3.36. The first-order valence-electron chi connectivity index (χ1n) is 31.2. The van der Waals surface area contributed by atoms with Gasteiger partial charge < -0.3 is 70.3 Å². The third kappa shape index (κ3) is 35.9. The number of aliphatic hydroxyl groups excluding tert-OH is 1. The number of halogens is 1. The van der Waals surface area contributed by atoms with Crippen LogP contribution in [0.15, 0.2) is 60.7 Å². The molecule has 0 saturated heterocycles. The number of aliphatic carboxylic acids is 2. The summed E-state index contributed by atoms with van der Waals surface area (Å²) in [6.45, 7) is 0.599. The summed E-state index contributed by atoms with van der Waals surface area (Å²) < 4.78 is 31.9. The fourth-order valence-electron chi connectivity index (χ4n) is 9.91. The van der Waals surface area contributed by atoms with Gasteiger partial charge in [-0.15, -0.1) is 0 Å².